The number of benzene rings is 1. The number of aliphatic hydroxyl groups excluding tert-OH is 2. The highest BCUT2D eigenvalue weighted by atomic mass is 31.2. The summed E-state index contributed by atoms with van der Waals surface area (Å²) < 4.78 is 37.3. The largest absolute Gasteiger partial charge is 0.465 e. The van der Waals surface area contributed by atoms with Crippen molar-refractivity contribution in [3.05, 3.63) is 54.5 Å². The van der Waals surface area contributed by atoms with Crippen LogP contribution in [0.15, 0.2) is 48.8 Å². The van der Waals surface area contributed by atoms with Gasteiger partial charge in [-0.15, -0.1) is 0 Å². The number of hydrogen-bond acceptors (Lipinski definition) is 12. The molecule has 39 heavy (non-hydrogen) atoms. The maximum Gasteiger partial charge on any atom is 0.459 e. The molecule has 2 aromatic heterocycles. The molecule has 0 amide bonds. The topological polar surface area (TPSA) is 204 Å². The van der Waals surface area contributed by atoms with Crippen LogP contribution in [0.25, 0.3) is 5.52 Å². The molecule has 14 nitrogen and oxygen atoms in total. The molecule has 0 aliphatic carbocycles. The van der Waals surface area contributed by atoms with Gasteiger partial charge in [0.15, 0.2) is 5.82 Å². The molecule has 15 heteroatoms. The van der Waals surface area contributed by atoms with E-state index in [1.54, 1.807) is 30.3 Å². The molecule has 1 fully saturated rings. The van der Waals surface area contributed by atoms with E-state index in [1.165, 1.54) is 29.9 Å². The van der Waals surface area contributed by atoms with Crippen LogP contribution < -0.4 is 15.3 Å². The quantitative estimate of drug-likeness (QED) is 0.194. The van der Waals surface area contributed by atoms with Crippen molar-refractivity contribution in [2.45, 2.75) is 50.2 Å². The Morgan fingerprint density at radius 1 is 1.33 bits per heavy atom. The zero-order valence-corrected chi connectivity index (χ0v) is 22.1. The van der Waals surface area contributed by atoms with E-state index in [2.05, 4.69) is 15.2 Å². The van der Waals surface area contributed by atoms with E-state index in [9.17, 15) is 24.8 Å². The normalized spacial score (nSPS) is 25.1. The van der Waals surface area contributed by atoms with Crippen molar-refractivity contribution in [3.8, 4) is 11.8 Å². The van der Waals surface area contributed by atoms with Crippen LogP contribution in [-0.2, 0) is 23.4 Å². The first-order valence-corrected chi connectivity index (χ1v) is 13.6. The Hall–Kier alpha value is -3.57. The molecule has 0 radical (unpaired) electrons. The molecule has 5 N–H and O–H groups in total. The number of rotatable bonds is 11. The van der Waals surface area contributed by atoms with Crippen LogP contribution in [0.2, 0.25) is 0 Å². The number of nitriles is 1. The molecule has 208 valence electrons. The molecule has 3 heterocycles. The number of esters is 1. The summed E-state index contributed by atoms with van der Waals surface area (Å²) in [6.45, 7) is 2.60. The lowest BCUT2D eigenvalue weighted by Crippen LogP contribution is -2.46. The summed E-state index contributed by atoms with van der Waals surface area (Å²) in [6.07, 6.45) is -2.81. The molecule has 0 bridgehead atoms. The molecular formula is C24H29N6O8P. The first-order valence-electron chi connectivity index (χ1n) is 12.1. The first-order chi connectivity index (χ1) is 18.6. The SMILES string of the molecule is CCCOC(=O)[C@H](C)NP(=O)(OC[C@@]1(C#N)O[C@@H](c2ccc3c(N)ncnn23)[C@H](O)[C@@H]1O)Oc1ccccc1. The van der Waals surface area contributed by atoms with Gasteiger partial charge in [-0.25, -0.2) is 14.1 Å². The minimum Gasteiger partial charge on any atom is -0.465 e. The molecule has 0 spiro atoms. The van der Waals surface area contributed by atoms with E-state index in [-0.39, 0.29) is 23.9 Å². The summed E-state index contributed by atoms with van der Waals surface area (Å²) in [6, 6.07) is 11.9. The number of hydrogen-bond donors (Lipinski definition) is 4. The average Bonchev–Trinajstić information content (AvgIpc) is 3.47. The summed E-state index contributed by atoms with van der Waals surface area (Å²) in [5.41, 5.74) is 4.42. The lowest BCUT2D eigenvalue weighted by molar-refractivity contribution is -0.145. The summed E-state index contributed by atoms with van der Waals surface area (Å²) in [5.74, 6) is -0.367. The van der Waals surface area contributed by atoms with Crippen molar-refractivity contribution in [2.75, 3.05) is 18.9 Å². The number of ether oxygens (including phenoxy) is 2. The van der Waals surface area contributed by atoms with Gasteiger partial charge in [-0.05, 0) is 37.6 Å². The zero-order valence-electron chi connectivity index (χ0n) is 21.2. The summed E-state index contributed by atoms with van der Waals surface area (Å²) in [4.78, 5) is 16.2. The predicted octanol–water partition coefficient (Wildman–Crippen LogP) is 1.50. The highest BCUT2D eigenvalue weighted by Crippen LogP contribution is 2.48. The van der Waals surface area contributed by atoms with Gasteiger partial charge in [0.2, 0.25) is 5.60 Å². The van der Waals surface area contributed by atoms with Crippen molar-refractivity contribution in [1.82, 2.24) is 19.7 Å². The fourth-order valence-electron chi connectivity index (χ4n) is 3.98. The lowest BCUT2D eigenvalue weighted by atomic mass is 9.96. The highest BCUT2D eigenvalue weighted by Gasteiger charge is 2.57. The van der Waals surface area contributed by atoms with E-state index in [1.807, 2.05) is 13.0 Å². The number of carbonyl (C=O) groups excluding carboxylic acids is 1. The first kappa shape index (κ1) is 28.4. The van der Waals surface area contributed by atoms with Crippen LogP contribution in [0.3, 0.4) is 0 Å². The number of nitrogen functional groups attached to an aromatic ring is 1. The van der Waals surface area contributed by atoms with E-state index < -0.39 is 50.3 Å². The van der Waals surface area contributed by atoms with Gasteiger partial charge < -0.3 is 29.9 Å². The van der Waals surface area contributed by atoms with Gasteiger partial charge in [0.25, 0.3) is 0 Å². The number of fused-ring (bicyclic) bond motifs is 1. The minimum absolute atomic E-state index is 0.149. The Kier molecular flexibility index (Phi) is 8.51. The van der Waals surface area contributed by atoms with Crippen LogP contribution in [0.5, 0.6) is 5.75 Å². The van der Waals surface area contributed by atoms with E-state index in [0.717, 1.165) is 0 Å². The molecule has 6 atom stereocenters. The third-order valence-electron chi connectivity index (χ3n) is 6.01. The Morgan fingerprint density at radius 3 is 2.77 bits per heavy atom. The van der Waals surface area contributed by atoms with Crippen molar-refractivity contribution in [1.29, 1.82) is 5.26 Å². The Labute approximate surface area is 223 Å². The van der Waals surface area contributed by atoms with Gasteiger partial charge in [0.1, 0.15) is 54.6 Å². The zero-order chi connectivity index (χ0) is 28.2. The molecule has 1 aliphatic heterocycles. The van der Waals surface area contributed by atoms with Crippen LogP contribution in [-0.4, -0.2) is 67.8 Å². The van der Waals surface area contributed by atoms with Crippen molar-refractivity contribution in [2.24, 2.45) is 0 Å². The van der Waals surface area contributed by atoms with Gasteiger partial charge in [0.05, 0.1) is 12.3 Å². The molecule has 0 saturated carbocycles. The number of nitrogens with zero attached hydrogens (tertiary/aromatic N) is 4. The fourth-order valence-corrected chi connectivity index (χ4v) is 5.50. The van der Waals surface area contributed by atoms with Crippen LogP contribution in [0, 0.1) is 11.3 Å². The van der Waals surface area contributed by atoms with Gasteiger partial charge >= 0.3 is 13.7 Å². The number of aromatic nitrogens is 3. The second-order valence-corrected chi connectivity index (χ2v) is 10.6. The van der Waals surface area contributed by atoms with E-state index in [4.69, 9.17) is 24.3 Å². The number of nitrogens with two attached hydrogens (primary N) is 1. The molecule has 1 unspecified atom stereocenters. The van der Waals surface area contributed by atoms with Crippen molar-refractivity contribution < 1.29 is 38.1 Å². The van der Waals surface area contributed by atoms with Crippen molar-refractivity contribution in [3.63, 3.8) is 0 Å². The van der Waals surface area contributed by atoms with Gasteiger partial charge in [-0.1, -0.05) is 25.1 Å². The van der Waals surface area contributed by atoms with Crippen molar-refractivity contribution >= 4 is 25.1 Å². The molecule has 1 aromatic carbocycles. The number of para-hydroxylation sites is 1. The van der Waals surface area contributed by atoms with E-state index in [0.29, 0.717) is 11.9 Å². The molecular weight excluding hydrogens is 531 g/mol. The smallest absolute Gasteiger partial charge is 0.459 e. The predicted molar refractivity (Wildman–Crippen MR) is 136 cm³/mol. The summed E-state index contributed by atoms with van der Waals surface area (Å²) in [5, 5.41) is 38.4. The van der Waals surface area contributed by atoms with Crippen LogP contribution >= 0.6 is 7.75 Å². The van der Waals surface area contributed by atoms with Crippen LogP contribution in [0.1, 0.15) is 32.1 Å². The lowest BCUT2D eigenvalue weighted by Gasteiger charge is -2.28. The third-order valence-corrected chi connectivity index (χ3v) is 7.64. The van der Waals surface area contributed by atoms with Gasteiger partial charge in [0, 0.05) is 0 Å². The van der Waals surface area contributed by atoms with Crippen LogP contribution in [0.4, 0.5) is 5.82 Å². The number of carbonyl (C=O) groups is 1. The second-order valence-electron chi connectivity index (χ2n) is 8.87. The van der Waals surface area contributed by atoms with E-state index >= 15 is 0 Å². The summed E-state index contributed by atoms with van der Waals surface area (Å²) in [7, 11) is -4.38. The molecule has 4 rings (SSSR count). The number of anilines is 1. The minimum atomic E-state index is -4.38. The van der Waals surface area contributed by atoms with Gasteiger partial charge in [-0.2, -0.15) is 15.4 Å². The molecule has 1 aliphatic rings. The number of aliphatic hydroxyl groups is 2. The maximum atomic E-state index is 13.8. The molecule has 1 saturated heterocycles. The highest BCUT2D eigenvalue weighted by molar-refractivity contribution is 7.52. The Balaban J connectivity index is 1.58. The molecule has 3 aromatic rings. The number of nitrogens with one attached hydrogen (secondary N) is 1. The Bertz CT molecular complexity index is 1400. The maximum absolute atomic E-state index is 13.8. The Morgan fingerprint density at radius 2 is 2.08 bits per heavy atom. The average molecular weight is 561 g/mol. The summed E-state index contributed by atoms with van der Waals surface area (Å²) >= 11 is 0. The third kappa shape index (κ3) is 5.89. The second kappa shape index (κ2) is 11.7. The standard InChI is InChI=1S/C24H29N6O8P/c1-3-11-35-23(33)15(2)29-39(34,38-16-7-5-4-6-8-16)36-13-24(12-25)21(32)19(31)20(37-24)17-9-10-18-22(26)27-14-28-30(17)18/h4-10,14-15,19-21,31-32H,3,11,13H2,1-2H3,(H,29,34)(H2,26,27,28)/t15-,19-,20-,21-,24+,39?/m0/s1. The fraction of sp³-hybridized carbons (Fsp3) is 0.417. The van der Waals surface area contributed by atoms with Gasteiger partial charge in [-0.3, -0.25) is 9.32 Å². The monoisotopic (exact) mass is 560 g/mol.